The molecule has 29 heavy (non-hydrogen) atoms. The number of nitrogens with one attached hydrogen (secondary N) is 1. The fourth-order valence-corrected chi connectivity index (χ4v) is 3.19. The number of carbonyl (C=O) groups excluding carboxylic acids is 2. The second-order valence-electron chi connectivity index (χ2n) is 6.80. The minimum absolute atomic E-state index is 0.277. The van der Waals surface area contributed by atoms with Crippen LogP contribution in [0.15, 0.2) is 91.0 Å². The van der Waals surface area contributed by atoms with Crippen molar-refractivity contribution in [2.45, 2.75) is 18.8 Å². The van der Waals surface area contributed by atoms with Crippen LogP contribution in [0.3, 0.4) is 0 Å². The van der Waals surface area contributed by atoms with Gasteiger partial charge in [0.15, 0.2) is 6.61 Å². The molecular weight excluding hydrogens is 362 g/mol. The van der Waals surface area contributed by atoms with Gasteiger partial charge in [0.1, 0.15) is 5.92 Å². The lowest BCUT2D eigenvalue weighted by Gasteiger charge is -2.17. The fraction of sp³-hybridized carbons (Fsp3) is 0.200. The van der Waals surface area contributed by atoms with Crippen LogP contribution in [0.2, 0.25) is 0 Å². The molecule has 0 radical (unpaired) electrons. The Hall–Kier alpha value is -3.40. The van der Waals surface area contributed by atoms with E-state index in [1.807, 2.05) is 78.9 Å². The molecule has 0 spiro atoms. The fourth-order valence-electron chi connectivity index (χ4n) is 3.19. The molecule has 0 saturated carbocycles. The maximum atomic E-state index is 12.8. The van der Waals surface area contributed by atoms with Crippen LogP contribution in [0.5, 0.6) is 0 Å². The summed E-state index contributed by atoms with van der Waals surface area (Å²) in [5.74, 6) is -1.27. The molecule has 1 amide bonds. The Kier molecular flexibility index (Phi) is 7.58. The van der Waals surface area contributed by atoms with E-state index in [-0.39, 0.29) is 12.5 Å². The van der Waals surface area contributed by atoms with Crippen LogP contribution in [0.25, 0.3) is 0 Å². The summed E-state index contributed by atoms with van der Waals surface area (Å²) in [4.78, 5) is 24.8. The lowest BCUT2D eigenvalue weighted by Crippen LogP contribution is -2.31. The Labute approximate surface area is 171 Å². The van der Waals surface area contributed by atoms with Gasteiger partial charge in [0.05, 0.1) is 0 Å². The van der Waals surface area contributed by atoms with Crippen molar-refractivity contribution in [3.05, 3.63) is 108 Å². The largest absolute Gasteiger partial charge is 0.455 e. The standard InChI is InChI=1S/C25H25NO3/c27-23(26-18-10-13-20-11-4-1-5-12-20)19-29-25(28)24(21-14-6-2-7-15-21)22-16-8-3-9-17-22/h1-9,11-12,14-17,24H,10,13,18-19H2,(H,26,27). The molecule has 3 aromatic carbocycles. The first kappa shape index (κ1) is 20.3. The molecular formula is C25H25NO3. The quantitative estimate of drug-likeness (QED) is 0.444. The zero-order chi connectivity index (χ0) is 20.3. The molecule has 0 aromatic heterocycles. The van der Waals surface area contributed by atoms with Gasteiger partial charge in [-0.15, -0.1) is 0 Å². The molecule has 0 heterocycles. The first-order chi connectivity index (χ1) is 14.2. The lowest BCUT2D eigenvalue weighted by molar-refractivity contribution is -0.149. The molecule has 0 fully saturated rings. The van der Waals surface area contributed by atoms with Crippen molar-refractivity contribution in [3.63, 3.8) is 0 Å². The number of hydrogen-bond acceptors (Lipinski definition) is 3. The number of ether oxygens (including phenoxy) is 1. The van der Waals surface area contributed by atoms with E-state index in [2.05, 4.69) is 17.4 Å². The Morgan fingerprint density at radius 2 is 1.28 bits per heavy atom. The number of esters is 1. The zero-order valence-corrected chi connectivity index (χ0v) is 16.3. The maximum absolute atomic E-state index is 12.8. The van der Waals surface area contributed by atoms with Crippen LogP contribution in [-0.4, -0.2) is 25.0 Å². The Balaban J connectivity index is 1.50. The van der Waals surface area contributed by atoms with E-state index in [9.17, 15) is 9.59 Å². The van der Waals surface area contributed by atoms with Gasteiger partial charge in [-0.05, 0) is 29.5 Å². The highest BCUT2D eigenvalue weighted by atomic mass is 16.5. The summed E-state index contributed by atoms with van der Waals surface area (Å²) in [6.45, 7) is 0.270. The number of benzene rings is 3. The molecule has 3 rings (SSSR count). The Morgan fingerprint density at radius 1 is 0.759 bits per heavy atom. The van der Waals surface area contributed by atoms with Crippen molar-refractivity contribution < 1.29 is 14.3 Å². The highest BCUT2D eigenvalue weighted by Crippen LogP contribution is 2.25. The van der Waals surface area contributed by atoms with Gasteiger partial charge in [-0.2, -0.15) is 0 Å². The Bertz CT molecular complexity index is 856. The third-order valence-corrected chi connectivity index (χ3v) is 4.65. The molecule has 0 aliphatic heterocycles. The molecule has 0 aliphatic carbocycles. The van der Waals surface area contributed by atoms with Crippen LogP contribution >= 0.6 is 0 Å². The molecule has 1 N–H and O–H groups in total. The van der Waals surface area contributed by atoms with Crippen molar-refractivity contribution in [2.75, 3.05) is 13.2 Å². The van der Waals surface area contributed by atoms with E-state index in [4.69, 9.17) is 4.74 Å². The average Bonchev–Trinajstić information content (AvgIpc) is 2.78. The van der Waals surface area contributed by atoms with Gasteiger partial charge in [0.2, 0.25) is 0 Å². The third-order valence-electron chi connectivity index (χ3n) is 4.65. The summed E-state index contributed by atoms with van der Waals surface area (Å²) in [6.07, 6.45) is 1.73. The number of aryl methyl sites for hydroxylation is 1. The molecule has 0 saturated heterocycles. The smallest absolute Gasteiger partial charge is 0.318 e. The minimum Gasteiger partial charge on any atom is -0.455 e. The maximum Gasteiger partial charge on any atom is 0.318 e. The molecule has 0 aliphatic rings. The van der Waals surface area contributed by atoms with E-state index in [0.717, 1.165) is 24.0 Å². The second-order valence-corrected chi connectivity index (χ2v) is 6.80. The second kappa shape index (κ2) is 10.8. The summed E-state index contributed by atoms with van der Waals surface area (Å²) in [5, 5.41) is 2.81. The summed E-state index contributed by atoms with van der Waals surface area (Å²) in [7, 11) is 0. The van der Waals surface area contributed by atoms with Gasteiger partial charge >= 0.3 is 5.97 Å². The van der Waals surface area contributed by atoms with Gasteiger partial charge in [0, 0.05) is 6.54 Å². The van der Waals surface area contributed by atoms with Crippen molar-refractivity contribution in [2.24, 2.45) is 0 Å². The lowest BCUT2D eigenvalue weighted by atomic mass is 9.91. The molecule has 4 nitrogen and oxygen atoms in total. The molecule has 148 valence electrons. The van der Waals surface area contributed by atoms with E-state index in [1.165, 1.54) is 5.56 Å². The summed E-state index contributed by atoms with van der Waals surface area (Å²) >= 11 is 0. The molecule has 0 unspecified atom stereocenters. The van der Waals surface area contributed by atoms with E-state index in [0.29, 0.717) is 6.54 Å². The predicted octanol–water partition coefficient (Wildman–Crippen LogP) is 4.11. The average molecular weight is 387 g/mol. The number of amides is 1. The topological polar surface area (TPSA) is 55.4 Å². The van der Waals surface area contributed by atoms with Crippen molar-refractivity contribution >= 4 is 11.9 Å². The van der Waals surface area contributed by atoms with Crippen molar-refractivity contribution in [1.29, 1.82) is 0 Å². The van der Waals surface area contributed by atoms with Crippen LogP contribution in [0.4, 0.5) is 0 Å². The minimum atomic E-state index is -0.553. The SMILES string of the molecule is O=C(COC(=O)C(c1ccccc1)c1ccccc1)NCCCc1ccccc1. The van der Waals surface area contributed by atoms with Gasteiger partial charge < -0.3 is 10.1 Å². The highest BCUT2D eigenvalue weighted by Gasteiger charge is 2.24. The first-order valence-electron chi connectivity index (χ1n) is 9.81. The third kappa shape index (κ3) is 6.32. The van der Waals surface area contributed by atoms with Crippen LogP contribution in [0, 0.1) is 0 Å². The van der Waals surface area contributed by atoms with Crippen LogP contribution < -0.4 is 5.32 Å². The first-order valence-corrected chi connectivity index (χ1v) is 9.81. The summed E-state index contributed by atoms with van der Waals surface area (Å²) in [5.41, 5.74) is 2.92. The molecule has 3 aromatic rings. The van der Waals surface area contributed by atoms with Crippen molar-refractivity contribution in [1.82, 2.24) is 5.32 Å². The van der Waals surface area contributed by atoms with Gasteiger partial charge in [-0.3, -0.25) is 9.59 Å². The normalized spacial score (nSPS) is 10.5. The monoisotopic (exact) mass is 387 g/mol. The van der Waals surface area contributed by atoms with Crippen LogP contribution in [0.1, 0.15) is 29.0 Å². The van der Waals surface area contributed by atoms with E-state index in [1.54, 1.807) is 0 Å². The highest BCUT2D eigenvalue weighted by molar-refractivity contribution is 5.85. The number of carbonyl (C=O) groups is 2. The number of rotatable bonds is 9. The van der Waals surface area contributed by atoms with Crippen LogP contribution in [-0.2, 0) is 20.7 Å². The molecule has 0 atom stereocenters. The van der Waals surface area contributed by atoms with Gasteiger partial charge in [-0.25, -0.2) is 0 Å². The predicted molar refractivity (Wildman–Crippen MR) is 113 cm³/mol. The molecule has 4 heteroatoms. The summed E-state index contributed by atoms with van der Waals surface area (Å²) < 4.78 is 5.34. The van der Waals surface area contributed by atoms with E-state index < -0.39 is 11.9 Å². The summed E-state index contributed by atoms with van der Waals surface area (Å²) in [6, 6.07) is 29.0. The van der Waals surface area contributed by atoms with Crippen molar-refractivity contribution in [3.8, 4) is 0 Å². The Morgan fingerprint density at radius 3 is 1.83 bits per heavy atom. The van der Waals surface area contributed by atoms with Gasteiger partial charge in [0.25, 0.3) is 5.91 Å². The molecule has 0 bridgehead atoms. The van der Waals surface area contributed by atoms with Gasteiger partial charge in [-0.1, -0.05) is 91.0 Å². The number of hydrogen-bond donors (Lipinski definition) is 1. The van der Waals surface area contributed by atoms with E-state index >= 15 is 0 Å². The zero-order valence-electron chi connectivity index (χ0n) is 16.3.